The Kier molecular flexibility index (Phi) is 5.27. The van der Waals surface area contributed by atoms with Gasteiger partial charge in [-0.25, -0.2) is 0 Å². The summed E-state index contributed by atoms with van der Waals surface area (Å²) in [6.07, 6.45) is 1.50. The summed E-state index contributed by atoms with van der Waals surface area (Å²) in [4.78, 5) is 40.8. The first-order valence-electron chi connectivity index (χ1n) is 9.67. The average Bonchev–Trinajstić information content (AvgIpc) is 3.20. The molecule has 2 unspecified atom stereocenters. The number of nitrogens with zero attached hydrogens (tertiary/aromatic N) is 1. The van der Waals surface area contributed by atoms with E-state index in [0.29, 0.717) is 6.42 Å². The molecule has 7 nitrogen and oxygen atoms in total. The second kappa shape index (κ2) is 6.95. The average molecular weight is 399 g/mol. The summed E-state index contributed by atoms with van der Waals surface area (Å²) in [5, 5.41) is 12.7. The third-order valence-electron chi connectivity index (χ3n) is 5.78. The Hall–Kier alpha value is -1.28. The molecular weight excluding hydrogens is 368 g/mol. The number of fused-ring (bicyclic) bond motifs is 1. The smallest absolute Gasteiger partial charge is 0.310 e. The topological polar surface area (TPSA) is 95.9 Å². The van der Waals surface area contributed by atoms with Crippen LogP contribution in [0.3, 0.4) is 0 Å². The van der Waals surface area contributed by atoms with Gasteiger partial charge in [0, 0.05) is 10.8 Å². The number of aliphatic hydroxyl groups is 1. The van der Waals surface area contributed by atoms with Gasteiger partial charge in [-0.2, -0.15) is 0 Å². The van der Waals surface area contributed by atoms with Crippen molar-refractivity contribution in [2.24, 2.45) is 11.8 Å². The lowest BCUT2D eigenvalue weighted by molar-refractivity contribution is -0.154. The van der Waals surface area contributed by atoms with Gasteiger partial charge in [0.1, 0.15) is 6.04 Å². The molecular formula is C19H30N2O5S. The van der Waals surface area contributed by atoms with Gasteiger partial charge in [-0.15, -0.1) is 11.8 Å². The van der Waals surface area contributed by atoms with E-state index in [9.17, 15) is 19.5 Å². The molecule has 27 heavy (non-hydrogen) atoms. The molecule has 0 radical (unpaired) electrons. The normalized spacial score (nSPS) is 35.9. The summed E-state index contributed by atoms with van der Waals surface area (Å²) < 4.78 is 4.63. The van der Waals surface area contributed by atoms with E-state index in [1.54, 1.807) is 25.6 Å². The molecule has 6 atom stereocenters. The minimum atomic E-state index is -0.689. The van der Waals surface area contributed by atoms with Gasteiger partial charge in [0.2, 0.25) is 11.8 Å². The van der Waals surface area contributed by atoms with E-state index >= 15 is 0 Å². The summed E-state index contributed by atoms with van der Waals surface area (Å²) >= 11 is 1.60. The maximum atomic E-state index is 13.4. The van der Waals surface area contributed by atoms with Crippen LogP contribution in [0, 0.1) is 11.8 Å². The van der Waals surface area contributed by atoms with Crippen LogP contribution in [0.1, 0.15) is 47.5 Å². The van der Waals surface area contributed by atoms with Gasteiger partial charge in [0.15, 0.2) is 0 Å². The second-order valence-corrected chi connectivity index (χ2v) is 10.4. The second-order valence-electron chi connectivity index (χ2n) is 8.82. The Morgan fingerprint density at radius 2 is 2.11 bits per heavy atom. The molecule has 3 aliphatic rings. The molecule has 2 bridgehead atoms. The molecule has 1 spiro atoms. The van der Waals surface area contributed by atoms with Crippen LogP contribution >= 0.6 is 11.8 Å². The number of nitrogens with one attached hydrogen (secondary N) is 1. The van der Waals surface area contributed by atoms with Crippen LogP contribution in [0.15, 0.2) is 0 Å². The summed E-state index contributed by atoms with van der Waals surface area (Å²) in [6, 6.07) is -1.18. The number of likely N-dealkylation sites (tertiary alicyclic amines) is 1. The van der Waals surface area contributed by atoms with Crippen molar-refractivity contribution in [2.45, 2.75) is 75.1 Å². The third kappa shape index (κ3) is 3.14. The first kappa shape index (κ1) is 20.5. The fourth-order valence-corrected chi connectivity index (χ4v) is 7.09. The van der Waals surface area contributed by atoms with E-state index in [4.69, 9.17) is 4.74 Å². The standard InChI is InChI=1S/C19H30N2O5S/c1-6-26-17(25)12-11-7-8-19(27-11)13(12)16(24)21(10(2)9-22)14(19)15(23)20-18(3,4)5/h10-14,22H,6-9H2,1-5H3,(H,20,23)/t10-,11-,12+,13+,14?,19?/m1/s1. The summed E-state index contributed by atoms with van der Waals surface area (Å²) in [7, 11) is 0. The van der Waals surface area contributed by atoms with Gasteiger partial charge in [-0.05, 0) is 47.5 Å². The first-order chi connectivity index (χ1) is 12.6. The van der Waals surface area contributed by atoms with E-state index in [1.165, 1.54) is 4.90 Å². The zero-order valence-electron chi connectivity index (χ0n) is 16.7. The van der Waals surface area contributed by atoms with Crippen LogP contribution in [0.25, 0.3) is 0 Å². The van der Waals surface area contributed by atoms with Crippen molar-refractivity contribution < 1.29 is 24.2 Å². The highest BCUT2D eigenvalue weighted by atomic mass is 32.2. The van der Waals surface area contributed by atoms with Gasteiger partial charge in [0.05, 0.1) is 35.8 Å². The van der Waals surface area contributed by atoms with Gasteiger partial charge < -0.3 is 20.1 Å². The fraction of sp³-hybridized carbons (Fsp3) is 0.842. The number of thioether (sulfide) groups is 1. The molecule has 3 fully saturated rings. The molecule has 0 saturated carbocycles. The Morgan fingerprint density at radius 1 is 1.44 bits per heavy atom. The van der Waals surface area contributed by atoms with Crippen molar-refractivity contribution in [3.63, 3.8) is 0 Å². The molecule has 2 amide bonds. The van der Waals surface area contributed by atoms with E-state index in [2.05, 4.69) is 5.32 Å². The van der Waals surface area contributed by atoms with Crippen molar-refractivity contribution in [3.8, 4) is 0 Å². The van der Waals surface area contributed by atoms with Crippen LogP contribution in [0.5, 0.6) is 0 Å². The van der Waals surface area contributed by atoms with Gasteiger partial charge in [-0.1, -0.05) is 0 Å². The maximum Gasteiger partial charge on any atom is 0.310 e. The maximum absolute atomic E-state index is 13.4. The highest BCUT2D eigenvalue weighted by molar-refractivity contribution is 8.02. The van der Waals surface area contributed by atoms with E-state index in [0.717, 1.165) is 6.42 Å². The van der Waals surface area contributed by atoms with E-state index in [1.807, 2.05) is 20.8 Å². The Balaban J connectivity index is 2.02. The quantitative estimate of drug-likeness (QED) is 0.669. The number of amides is 2. The lowest BCUT2D eigenvalue weighted by Crippen LogP contribution is -2.58. The number of esters is 1. The molecule has 3 heterocycles. The highest BCUT2D eigenvalue weighted by Crippen LogP contribution is 2.66. The SMILES string of the molecule is CCOC(=O)[C@@H]1[C@H]2C(=O)N([C@H](C)CO)C(C(=O)NC(C)(C)C)C23CC[C@H]1S3. The van der Waals surface area contributed by atoms with Gasteiger partial charge in [-0.3, -0.25) is 14.4 Å². The molecule has 0 aromatic rings. The van der Waals surface area contributed by atoms with Gasteiger partial charge in [0.25, 0.3) is 0 Å². The van der Waals surface area contributed by atoms with Crippen LogP contribution in [0.4, 0.5) is 0 Å². The van der Waals surface area contributed by atoms with Crippen LogP contribution in [0.2, 0.25) is 0 Å². The Morgan fingerprint density at radius 3 is 2.67 bits per heavy atom. The number of hydrogen-bond donors (Lipinski definition) is 2. The lowest BCUT2D eigenvalue weighted by atomic mass is 9.71. The van der Waals surface area contributed by atoms with Crippen molar-refractivity contribution in [2.75, 3.05) is 13.2 Å². The zero-order valence-corrected chi connectivity index (χ0v) is 17.5. The zero-order chi connectivity index (χ0) is 20.1. The molecule has 2 N–H and O–H groups in total. The number of ether oxygens (including phenoxy) is 1. The van der Waals surface area contributed by atoms with Crippen molar-refractivity contribution in [1.29, 1.82) is 0 Å². The summed E-state index contributed by atoms with van der Waals surface area (Å²) in [6.45, 7) is 9.23. The van der Waals surface area contributed by atoms with Crippen LogP contribution in [-0.4, -0.2) is 68.6 Å². The van der Waals surface area contributed by atoms with Crippen molar-refractivity contribution >= 4 is 29.5 Å². The fourth-order valence-electron chi connectivity index (χ4n) is 4.90. The Labute approximate surface area is 164 Å². The monoisotopic (exact) mass is 398 g/mol. The predicted molar refractivity (Wildman–Crippen MR) is 102 cm³/mol. The molecule has 3 aliphatic heterocycles. The third-order valence-corrected chi connectivity index (χ3v) is 7.73. The van der Waals surface area contributed by atoms with Crippen LogP contribution < -0.4 is 5.32 Å². The minimum Gasteiger partial charge on any atom is -0.466 e. The number of rotatable bonds is 5. The molecule has 0 aliphatic carbocycles. The van der Waals surface area contributed by atoms with E-state index < -0.39 is 34.2 Å². The molecule has 0 aromatic heterocycles. The number of carbonyl (C=O) groups excluding carboxylic acids is 3. The van der Waals surface area contributed by atoms with Crippen LogP contribution in [-0.2, 0) is 19.1 Å². The highest BCUT2D eigenvalue weighted by Gasteiger charge is 2.74. The first-order valence-corrected chi connectivity index (χ1v) is 10.5. The number of hydrogen-bond acceptors (Lipinski definition) is 6. The molecule has 3 saturated heterocycles. The molecule has 0 aromatic carbocycles. The largest absolute Gasteiger partial charge is 0.466 e. The molecule has 152 valence electrons. The predicted octanol–water partition coefficient (Wildman–Crippen LogP) is 0.936. The Bertz CT molecular complexity index is 649. The van der Waals surface area contributed by atoms with Gasteiger partial charge >= 0.3 is 5.97 Å². The minimum absolute atomic E-state index is 0.00881. The molecule has 3 rings (SSSR count). The van der Waals surface area contributed by atoms with Crippen molar-refractivity contribution in [3.05, 3.63) is 0 Å². The molecule has 8 heteroatoms. The number of carbonyl (C=O) groups is 3. The lowest BCUT2D eigenvalue weighted by Gasteiger charge is -2.37. The van der Waals surface area contributed by atoms with Crippen molar-refractivity contribution in [1.82, 2.24) is 10.2 Å². The number of aliphatic hydroxyl groups excluding tert-OH is 1. The summed E-state index contributed by atoms with van der Waals surface area (Å²) in [5.41, 5.74) is -0.440. The summed E-state index contributed by atoms with van der Waals surface area (Å²) in [5.74, 6) is -1.85. The van der Waals surface area contributed by atoms with E-state index in [-0.39, 0.29) is 36.2 Å².